The molecule has 178 valence electrons. The minimum atomic E-state index is -1.85. The van der Waals surface area contributed by atoms with Gasteiger partial charge < -0.3 is 23.2 Å². The fourth-order valence-electron chi connectivity index (χ4n) is 4.88. The zero-order valence-corrected chi connectivity index (χ0v) is 22.1. The van der Waals surface area contributed by atoms with E-state index in [0.29, 0.717) is 12.5 Å². The Labute approximate surface area is 192 Å². The van der Waals surface area contributed by atoms with Crippen molar-refractivity contribution in [1.82, 2.24) is 14.5 Å². The normalized spacial score (nSPS) is 27.8. The number of methoxy groups -OCH3 is 1. The van der Waals surface area contributed by atoms with Gasteiger partial charge in [-0.2, -0.15) is 4.98 Å². The SMILES string of the molecule is CCn1cc(C2CC(CO[Si](C)(C)C(C)(C)C)C3OC(C)(C)OC23)c2ncnc(OC)c21. The van der Waals surface area contributed by atoms with Crippen LogP contribution in [0.25, 0.3) is 11.0 Å². The maximum absolute atomic E-state index is 6.64. The Hall–Kier alpha value is -1.48. The molecule has 2 aromatic heterocycles. The van der Waals surface area contributed by atoms with Crippen molar-refractivity contribution in [3.05, 3.63) is 18.1 Å². The van der Waals surface area contributed by atoms with Crippen LogP contribution in [0, 0.1) is 5.92 Å². The Morgan fingerprint density at radius 3 is 2.50 bits per heavy atom. The van der Waals surface area contributed by atoms with Gasteiger partial charge in [-0.15, -0.1) is 0 Å². The summed E-state index contributed by atoms with van der Waals surface area (Å²) >= 11 is 0. The Kier molecular flexibility index (Phi) is 5.97. The number of nitrogens with zero attached hydrogens (tertiary/aromatic N) is 3. The lowest BCUT2D eigenvalue weighted by Crippen LogP contribution is -2.43. The van der Waals surface area contributed by atoms with Crippen LogP contribution < -0.4 is 4.74 Å². The summed E-state index contributed by atoms with van der Waals surface area (Å²) in [5, 5.41) is 0.179. The summed E-state index contributed by atoms with van der Waals surface area (Å²) in [6, 6.07) is 0. The smallest absolute Gasteiger partial charge is 0.241 e. The van der Waals surface area contributed by atoms with Gasteiger partial charge in [0.05, 0.1) is 24.8 Å². The molecule has 0 radical (unpaired) electrons. The molecule has 2 fully saturated rings. The summed E-state index contributed by atoms with van der Waals surface area (Å²) < 4.78 is 27.3. The molecule has 0 amide bonds. The molecular formula is C24H39N3O4Si. The predicted octanol–water partition coefficient (Wildman–Crippen LogP) is 5.11. The molecule has 1 saturated carbocycles. The summed E-state index contributed by atoms with van der Waals surface area (Å²) in [5.74, 6) is 0.479. The number of fused-ring (bicyclic) bond motifs is 2. The van der Waals surface area contributed by atoms with Crippen LogP contribution in [0.1, 0.15) is 59.4 Å². The second kappa shape index (κ2) is 8.08. The summed E-state index contributed by atoms with van der Waals surface area (Å²) in [5.41, 5.74) is 3.08. The van der Waals surface area contributed by atoms with Gasteiger partial charge in [-0.3, -0.25) is 0 Å². The predicted molar refractivity (Wildman–Crippen MR) is 128 cm³/mol. The molecule has 1 aliphatic carbocycles. The zero-order chi connectivity index (χ0) is 23.5. The van der Waals surface area contributed by atoms with Crippen molar-refractivity contribution < 1.29 is 18.6 Å². The minimum absolute atomic E-state index is 0.0172. The van der Waals surface area contributed by atoms with Crippen LogP contribution in [0.4, 0.5) is 0 Å². The van der Waals surface area contributed by atoms with Crippen molar-refractivity contribution in [3.8, 4) is 5.88 Å². The van der Waals surface area contributed by atoms with Gasteiger partial charge in [0.1, 0.15) is 11.8 Å². The lowest BCUT2D eigenvalue weighted by molar-refractivity contribution is -0.159. The number of aromatic nitrogens is 3. The topological polar surface area (TPSA) is 67.6 Å². The molecule has 4 atom stereocenters. The molecule has 0 aromatic carbocycles. The maximum Gasteiger partial charge on any atom is 0.241 e. The lowest BCUT2D eigenvalue weighted by atomic mass is 9.96. The van der Waals surface area contributed by atoms with Crippen molar-refractivity contribution in [1.29, 1.82) is 0 Å². The highest BCUT2D eigenvalue weighted by atomic mass is 28.4. The van der Waals surface area contributed by atoms with Crippen LogP contribution in [0.2, 0.25) is 18.1 Å². The van der Waals surface area contributed by atoms with Gasteiger partial charge >= 0.3 is 0 Å². The number of ether oxygens (including phenoxy) is 3. The van der Waals surface area contributed by atoms with Crippen molar-refractivity contribution >= 4 is 19.4 Å². The number of rotatable bonds is 6. The minimum Gasteiger partial charge on any atom is -0.479 e. The number of aryl methyl sites for hydroxylation is 1. The van der Waals surface area contributed by atoms with E-state index in [2.05, 4.69) is 61.5 Å². The third-order valence-corrected chi connectivity index (χ3v) is 12.1. The Morgan fingerprint density at radius 1 is 1.19 bits per heavy atom. The first-order chi connectivity index (χ1) is 14.9. The number of hydrogen-bond donors (Lipinski definition) is 0. The van der Waals surface area contributed by atoms with Gasteiger partial charge in [-0.05, 0) is 45.3 Å². The lowest BCUT2D eigenvalue weighted by Gasteiger charge is -2.37. The van der Waals surface area contributed by atoms with Gasteiger partial charge in [-0.1, -0.05) is 20.8 Å². The standard InChI is InChI=1S/C24H39N3O4Si/c1-10-27-12-17(18-19(27)22(28-7)26-14-25-18)16-11-15(13-29-32(8,9)23(2,3)4)20-21(16)31-24(5,6)30-20/h12,14-16,20-21H,10-11,13H2,1-9H3. The average molecular weight is 462 g/mol. The fourth-order valence-corrected chi connectivity index (χ4v) is 5.95. The van der Waals surface area contributed by atoms with Gasteiger partial charge in [0.25, 0.3) is 0 Å². The van der Waals surface area contributed by atoms with Crippen LogP contribution in [0.15, 0.2) is 12.5 Å². The van der Waals surface area contributed by atoms with E-state index in [1.165, 1.54) is 5.56 Å². The van der Waals surface area contributed by atoms with Gasteiger partial charge in [0.15, 0.2) is 14.1 Å². The quantitative estimate of drug-likeness (QED) is 0.557. The van der Waals surface area contributed by atoms with Gasteiger partial charge in [0.2, 0.25) is 5.88 Å². The molecule has 3 heterocycles. The second-order valence-electron chi connectivity index (χ2n) is 11.2. The highest BCUT2D eigenvalue weighted by Crippen LogP contribution is 2.51. The number of hydrogen-bond acceptors (Lipinski definition) is 6. The molecular weight excluding hydrogens is 422 g/mol. The van der Waals surface area contributed by atoms with E-state index >= 15 is 0 Å². The summed E-state index contributed by atoms with van der Waals surface area (Å²) in [6.45, 7) is 19.1. The second-order valence-corrected chi connectivity index (χ2v) is 16.0. The summed E-state index contributed by atoms with van der Waals surface area (Å²) in [6.07, 6.45) is 4.74. The van der Waals surface area contributed by atoms with Gasteiger partial charge in [-0.25, -0.2) is 4.98 Å². The zero-order valence-electron chi connectivity index (χ0n) is 21.1. The van der Waals surface area contributed by atoms with Crippen LogP contribution in [0.3, 0.4) is 0 Å². The molecule has 1 saturated heterocycles. The average Bonchev–Trinajstić information content (AvgIpc) is 3.33. The van der Waals surface area contributed by atoms with Crippen LogP contribution in [-0.4, -0.2) is 54.6 Å². The molecule has 4 unspecified atom stereocenters. The van der Waals surface area contributed by atoms with Crippen LogP contribution >= 0.6 is 0 Å². The van der Waals surface area contributed by atoms with E-state index in [1.807, 2.05) is 13.8 Å². The van der Waals surface area contributed by atoms with Crippen molar-refractivity contribution in [2.24, 2.45) is 5.92 Å². The Balaban J connectivity index is 1.68. The molecule has 0 bridgehead atoms. The maximum atomic E-state index is 6.64. The molecule has 2 aromatic rings. The monoisotopic (exact) mass is 461 g/mol. The highest BCUT2D eigenvalue weighted by molar-refractivity contribution is 6.74. The van der Waals surface area contributed by atoms with Gasteiger partial charge in [0, 0.05) is 36.7 Å². The van der Waals surface area contributed by atoms with Crippen molar-refractivity contribution in [2.75, 3.05) is 13.7 Å². The molecule has 32 heavy (non-hydrogen) atoms. The third kappa shape index (κ3) is 4.00. The first kappa shape index (κ1) is 23.7. The molecule has 4 rings (SSSR count). The summed E-state index contributed by atoms with van der Waals surface area (Å²) in [4.78, 5) is 9.00. The van der Waals surface area contributed by atoms with E-state index in [1.54, 1.807) is 13.4 Å². The van der Waals surface area contributed by atoms with E-state index in [0.717, 1.165) is 24.0 Å². The van der Waals surface area contributed by atoms with Crippen molar-refractivity contribution in [2.45, 2.75) is 96.6 Å². The van der Waals surface area contributed by atoms with E-state index in [9.17, 15) is 0 Å². The Morgan fingerprint density at radius 2 is 1.88 bits per heavy atom. The molecule has 0 spiro atoms. The molecule has 7 nitrogen and oxygen atoms in total. The fraction of sp³-hybridized carbons (Fsp3) is 0.750. The van der Waals surface area contributed by atoms with E-state index in [4.69, 9.17) is 18.6 Å². The van der Waals surface area contributed by atoms with E-state index in [-0.39, 0.29) is 29.1 Å². The van der Waals surface area contributed by atoms with E-state index < -0.39 is 14.1 Å². The largest absolute Gasteiger partial charge is 0.479 e. The first-order valence-corrected chi connectivity index (χ1v) is 14.7. The van der Waals surface area contributed by atoms with Crippen LogP contribution in [0.5, 0.6) is 5.88 Å². The first-order valence-electron chi connectivity index (χ1n) is 11.8. The Bertz CT molecular complexity index is 982. The highest BCUT2D eigenvalue weighted by Gasteiger charge is 2.55. The third-order valence-electron chi connectivity index (χ3n) is 7.62. The molecule has 8 heteroatoms. The molecule has 0 N–H and O–H groups in total. The molecule has 2 aliphatic rings. The molecule has 1 aliphatic heterocycles. The van der Waals surface area contributed by atoms with Crippen LogP contribution in [-0.2, 0) is 20.4 Å². The van der Waals surface area contributed by atoms with Crippen molar-refractivity contribution in [3.63, 3.8) is 0 Å². The summed E-state index contributed by atoms with van der Waals surface area (Å²) in [7, 11) is -0.191.